The predicted molar refractivity (Wildman–Crippen MR) is 78.1 cm³/mol. The quantitative estimate of drug-likeness (QED) is 0.836. The standard InChI is InChI=1S/C16H24F3NO/c1-14(2,3)11-15(4,5)20-10-12-7-6-8-13(9-12)21-16(17,18)19/h6-9,20H,10-11H2,1-5H3. The average molecular weight is 303 g/mol. The molecule has 2 nitrogen and oxygen atoms in total. The van der Waals surface area contributed by atoms with Gasteiger partial charge in [0.25, 0.3) is 0 Å². The SMILES string of the molecule is CC(C)(C)CC(C)(C)NCc1cccc(OC(F)(F)F)c1. The first-order valence-corrected chi connectivity index (χ1v) is 6.96. The maximum atomic E-state index is 12.2. The van der Waals surface area contributed by atoms with Gasteiger partial charge in [-0.3, -0.25) is 0 Å². The van der Waals surface area contributed by atoms with Crippen molar-refractivity contribution in [2.24, 2.45) is 5.41 Å². The fourth-order valence-electron chi connectivity index (χ4n) is 2.58. The molecule has 1 N–H and O–H groups in total. The van der Waals surface area contributed by atoms with Crippen LogP contribution in [-0.4, -0.2) is 11.9 Å². The number of halogens is 3. The summed E-state index contributed by atoms with van der Waals surface area (Å²) < 4.78 is 40.5. The Morgan fingerprint density at radius 3 is 2.19 bits per heavy atom. The molecule has 1 aromatic rings. The molecule has 0 saturated carbocycles. The molecule has 0 unspecified atom stereocenters. The van der Waals surface area contributed by atoms with Crippen molar-refractivity contribution in [1.82, 2.24) is 5.32 Å². The molecule has 1 rings (SSSR count). The van der Waals surface area contributed by atoms with Crippen molar-refractivity contribution in [3.05, 3.63) is 29.8 Å². The molecule has 0 heterocycles. The van der Waals surface area contributed by atoms with E-state index in [-0.39, 0.29) is 16.7 Å². The van der Waals surface area contributed by atoms with Crippen molar-refractivity contribution >= 4 is 0 Å². The van der Waals surface area contributed by atoms with Crippen molar-refractivity contribution in [2.75, 3.05) is 0 Å². The Morgan fingerprint density at radius 1 is 1.05 bits per heavy atom. The van der Waals surface area contributed by atoms with Crippen LogP contribution in [0, 0.1) is 5.41 Å². The Morgan fingerprint density at radius 2 is 1.67 bits per heavy atom. The lowest BCUT2D eigenvalue weighted by Gasteiger charge is -2.33. The van der Waals surface area contributed by atoms with E-state index in [1.54, 1.807) is 12.1 Å². The molecule has 0 radical (unpaired) electrons. The molecule has 120 valence electrons. The van der Waals surface area contributed by atoms with E-state index in [0.717, 1.165) is 12.0 Å². The maximum Gasteiger partial charge on any atom is 0.573 e. The van der Waals surface area contributed by atoms with Crippen LogP contribution in [0.15, 0.2) is 24.3 Å². The van der Waals surface area contributed by atoms with Crippen LogP contribution in [0.2, 0.25) is 0 Å². The van der Waals surface area contributed by atoms with Gasteiger partial charge in [-0.25, -0.2) is 0 Å². The van der Waals surface area contributed by atoms with Crippen molar-refractivity contribution in [3.63, 3.8) is 0 Å². The van der Waals surface area contributed by atoms with Crippen molar-refractivity contribution < 1.29 is 17.9 Å². The number of benzene rings is 1. The Kier molecular flexibility index (Phi) is 5.31. The normalized spacial score (nSPS) is 13.3. The molecule has 0 bridgehead atoms. The number of hydrogen-bond acceptors (Lipinski definition) is 2. The van der Waals surface area contributed by atoms with Crippen molar-refractivity contribution in [3.8, 4) is 5.75 Å². The fraction of sp³-hybridized carbons (Fsp3) is 0.625. The number of nitrogens with one attached hydrogen (secondary N) is 1. The summed E-state index contributed by atoms with van der Waals surface area (Å²) in [7, 11) is 0. The van der Waals surface area contributed by atoms with Gasteiger partial charge in [0.1, 0.15) is 5.75 Å². The summed E-state index contributed by atoms with van der Waals surface area (Å²) in [5.74, 6) is -0.185. The number of ether oxygens (including phenoxy) is 1. The van der Waals surface area contributed by atoms with Gasteiger partial charge in [0.15, 0.2) is 0 Å². The molecule has 0 atom stereocenters. The highest BCUT2D eigenvalue weighted by molar-refractivity contribution is 5.28. The van der Waals surface area contributed by atoms with Gasteiger partial charge in [0, 0.05) is 12.1 Å². The lowest BCUT2D eigenvalue weighted by Crippen LogP contribution is -2.41. The zero-order valence-corrected chi connectivity index (χ0v) is 13.3. The fourth-order valence-corrected chi connectivity index (χ4v) is 2.58. The Balaban J connectivity index is 2.65. The number of hydrogen-bond donors (Lipinski definition) is 1. The molecule has 0 spiro atoms. The molecular weight excluding hydrogens is 279 g/mol. The maximum absolute atomic E-state index is 12.2. The molecule has 5 heteroatoms. The second kappa shape index (κ2) is 6.26. The third-order valence-electron chi connectivity index (χ3n) is 2.88. The van der Waals surface area contributed by atoms with E-state index < -0.39 is 6.36 Å². The first-order valence-electron chi connectivity index (χ1n) is 6.96. The van der Waals surface area contributed by atoms with Crippen LogP contribution in [0.1, 0.15) is 46.6 Å². The van der Waals surface area contributed by atoms with E-state index in [0.29, 0.717) is 6.54 Å². The molecule has 0 aliphatic rings. The van der Waals surface area contributed by atoms with Crippen LogP contribution in [-0.2, 0) is 6.54 Å². The Hall–Kier alpha value is -1.23. The van der Waals surface area contributed by atoms with Gasteiger partial charge in [0.2, 0.25) is 0 Å². The van der Waals surface area contributed by atoms with Gasteiger partial charge < -0.3 is 10.1 Å². The van der Waals surface area contributed by atoms with Gasteiger partial charge in [-0.05, 0) is 43.4 Å². The van der Waals surface area contributed by atoms with Crippen LogP contribution < -0.4 is 10.1 Å². The summed E-state index contributed by atoms with van der Waals surface area (Å²) in [5.41, 5.74) is 0.843. The highest BCUT2D eigenvalue weighted by Gasteiger charge is 2.31. The highest BCUT2D eigenvalue weighted by Crippen LogP contribution is 2.27. The first kappa shape index (κ1) is 17.8. The topological polar surface area (TPSA) is 21.3 Å². The Labute approximate surface area is 124 Å². The van der Waals surface area contributed by atoms with Crippen LogP contribution >= 0.6 is 0 Å². The van der Waals surface area contributed by atoms with Gasteiger partial charge in [0.05, 0.1) is 0 Å². The molecule has 0 aliphatic carbocycles. The van der Waals surface area contributed by atoms with Gasteiger partial charge >= 0.3 is 6.36 Å². The monoisotopic (exact) mass is 303 g/mol. The summed E-state index contributed by atoms with van der Waals surface area (Å²) in [4.78, 5) is 0. The van der Waals surface area contributed by atoms with E-state index in [9.17, 15) is 13.2 Å². The Bertz CT molecular complexity index is 461. The molecule has 1 aromatic carbocycles. The zero-order valence-electron chi connectivity index (χ0n) is 13.3. The van der Waals surface area contributed by atoms with Crippen molar-refractivity contribution in [2.45, 2.75) is 59.5 Å². The summed E-state index contributed by atoms with van der Waals surface area (Å²) in [6, 6.07) is 6.06. The van der Waals surface area contributed by atoms with E-state index in [1.165, 1.54) is 12.1 Å². The van der Waals surface area contributed by atoms with E-state index >= 15 is 0 Å². The average Bonchev–Trinajstić information content (AvgIpc) is 2.21. The van der Waals surface area contributed by atoms with Crippen LogP contribution in [0.4, 0.5) is 13.2 Å². The van der Waals surface area contributed by atoms with E-state index in [2.05, 4.69) is 44.7 Å². The molecule has 21 heavy (non-hydrogen) atoms. The molecule has 0 amide bonds. The minimum absolute atomic E-state index is 0.0981. The van der Waals surface area contributed by atoms with Crippen LogP contribution in [0.5, 0.6) is 5.75 Å². The molecule has 0 aromatic heterocycles. The van der Waals surface area contributed by atoms with Crippen LogP contribution in [0.25, 0.3) is 0 Å². The van der Waals surface area contributed by atoms with Gasteiger partial charge in [-0.15, -0.1) is 13.2 Å². The van der Waals surface area contributed by atoms with Crippen molar-refractivity contribution in [1.29, 1.82) is 0 Å². The van der Waals surface area contributed by atoms with E-state index in [1.807, 2.05) is 0 Å². The second-order valence-electron chi connectivity index (χ2n) is 7.17. The largest absolute Gasteiger partial charge is 0.573 e. The minimum atomic E-state index is -4.66. The first-order chi connectivity index (χ1) is 9.36. The molecule has 0 aliphatic heterocycles. The summed E-state index contributed by atoms with van der Waals surface area (Å²) in [6.07, 6.45) is -3.70. The zero-order chi connectivity index (χ0) is 16.3. The number of alkyl halides is 3. The predicted octanol–water partition coefficient (Wildman–Crippen LogP) is 4.89. The van der Waals surface area contributed by atoms with Gasteiger partial charge in [-0.1, -0.05) is 32.9 Å². The third-order valence-corrected chi connectivity index (χ3v) is 2.88. The molecule has 0 saturated heterocycles. The lowest BCUT2D eigenvalue weighted by molar-refractivity contribution is -0.274. The number of rotatable bonds is 5. The lowest BCUT2D eigenvalue weighted by atomic mass is 9.82. The smallest absolute Gasteiger partial charge is 0.406 e. The molecular formula is C16H24F3NO. The van der Waals surface area contributed by atoms with Crippen LogP contribution in [0.3, 0.4) is 0 Å². The highest BCUT2D eigenvalue weighted by atomic mass is 19.4. The van der Waals surface area contributed by atoms with Gasteiger partial charge in [-0.2, -0.15) is 0 Å². The third kappa shape index (κ3) is 7.95. The molecule has 0 fully saturated rings. The van der Waals surface area contributed by atoms with E-state index in [4.69, 9.17) is 0 Å². The summed E-state index contributed by atoms with van der Waals surface area (Å²) >= 11 is 0. The summed E-state index contributed by atoms with van der Waals surface area (Å²) in [5, 5.41) is 3.39. The second-order valence-corrected chi connectivity index (χ2v) is 7.17. The minimum Gasteiger partial charge on any atom is -0.406 e. The summed E-state index contributed by atoms with van der Waals surface area (Å²) in [6.45, 7) is 11.2.